The third-order valence-corrected chi connectivity index (χ3v) is 4.66. The van der Waals surface area contributed by atoms with Crippen LogP contribution in [0.25, 0.3) is 0 Å². The Bertz CT molecular complexity index is 1160. The van der Waals surface area contributed by atoms with Gasteiger partial charge in [0.05, 0.1) is 28.9 Å². The second-order valence-corrected chi connectivity index (χ2v) is 7.27. The van der Waals surface area contributed by atoms with Crippen LogP contribution in [0.4, 0.5) is 0 Å². The van der Waals surface area contributed by atoms with E-state index in [-0.39, 0.29) is 12.1 Å². The highest BCUT2D eigenvalue weighted by Crippen LogP contribution is 2.16. The maximum atomic E-state index is 12.2. The van der Waals surface area contributed by atoms with Gasteiger partial charge in [0.2, 0.25) is 0 Å². The SMILES string of the molecule is O=C(CNC(=O)c1ccccc1Cl)N/N=C/c1cccc(OC(=O)c2ccc(Cl)cc2)c1. The number of esters is 1. The Labute approximate surface area is 194 Å². The Hall–Kier alpha value is -3.68. The number of hydrogen-bond donors (Lipinski definition) is 2. The minimum absolute atomic E-state index is 0.274. The van der Waals surface area contributed by atoms with E-state index in [9.17, 15) is 14.4 Å². The van der Waals surface area contributed by atoms with Crippen molar-refractivity contribution in [3.8, 4) is 5.75 Å². The van der Waals surface area contributed by atoms with Crippen LogP contribution >= 0.6 is 23.2 Å². The van der Waals surface area contributed by atoms with E-state index in [1.807, 2.05) is 0 Å². The molecule has 0 bridgehead atoms. The van der Waals surface area contributed by atoms with E-state index in [0.717, 1.165) is 0 Å². The smallest absolute Gasteiger partial charge is 0.343 e. The maximum absolute atomic E-state index is 12.2. The number of hydrazone groups is 1. The molecule has 0 aromatic heterocycles. The number of halogens is 2. The first-order valence-electron chi connectivity index (χ1n) is 9.35. The summed E-state index contributed by atoms with van der Waals surface area (Å²) in [6, 6.07) is 19.4. The summed E-state index contributed by atoms with van der Waals surface area (Å²) < 4.78 is 5.34. The molecule has 0 saturated carbocycles. The van der Waals surface area contributed by atoms with Crippen molar-refractivity contribution in [2.45, 2.75) is 0 Å². The molecule has 9 heteroatoms. The van der Waals surface area contributed by atoms with Gasteiger partial charge in [-0.1, -0.05) is 47.5 Å². The number of benzene rings is 3. The number of carbonyl (C=O) groups is 3. The topological polar surface area (TPSA) is 96.9 Å². The van der Waals surface area contributed by atoms with Gasteiger partial charge in [-0.05, 0) is 54.1 Å². The van der Waals surface area contributed by atoms with Gasteiger partial charge in [0, 0.05) is 5.02 Å². The molecule has 3 aromatic carbocycles. The van der Waals surface area contributed by atoms with Gasteiger partial charge in [0.1, 0.15) is 5.75 Å². The third kappa shape index (κ3) is 6.66. The van der Waals surface area contributed by atoms with Crippen LogP contribution in [0.5, 0.6) is 5.75 Å². The van der Waals surface area contributed by atoms with E-state index in [0.29, 0.717) is 26.9 Å². The van der Waals surface area contributed by atoms with Gasteiger partial charge in [0.15, 0.2) is 0 Å². The van der Waals surface area contributed by atoms with Gasteiger partial charge in [-0.25, -0.2) is 10.2 Å². The zero-order valence-corrected chi connectivity index (χ0v) is 18.1. The highest BCUT2D eigenvalue weighted by molar-refractivity contribution is 6.33. The lowest BCUT2D eigenvalue weighted by Gasteiger charge is -2.06. The first-order valence-corrected chi connectivity index (χ1v) is 10.1. The molecule has 32 heavy (non-hydrogen) atoms. The average molecular weight is 470 g/mol. The number of rotatable bonds is 7. The molecule has 0 aliphatic rings. The van der Waals surface area contributed by atoms with Crippen LogP contribution in [-0.2, 0) is 4.79 Å². The number of carbonyl (C=O) groups excluding carboxylic acids is 3. The number of hydrogen-bond acceptors (Lipinski definition) is 5. The third-order valence-electron chi connectivity index (χ3n) is 4.08. The molecule has 162 valence electrons. The average Bonchev–Trinajstić information content (AvgIpc) is 2.78. The van der Waals surface area contributed by atoms with E-state index in [4.69, 9.17) is 27.9 Å². The fourth-order valence-corrected chi connectivity index (χ4v) is 2.88. The van der Waals surface area contributed by atoms with Crippen LogP contribution < -0.4 is 15.5 Å². The highest BCUT2D eigenvalue weighted by Gasteiger charge is 2.11. The second-order valence-electron chi connectivity index (χ2n) is 6.42. The van der Waals surface area contributed by atoms with Crippen molar-refractivity contribution in [3.05, 3.63) is 99.5 Å². The van der Waals surface area contributed by atoms with Crippen LogP contribution in [0.2, 0.25) is 10.0 Å². The molecule has 0 atom stereocenters. The summed E-state index contributed by atoms with van der Waals surface area (Å²) in [5.41, 5.74) is 3.53. The maximum Gasteiger partial charge on any atom is 0.343 e. The van der Waals surface area contributed by atoms with E-state index < -0.39 is 17.8 Å². The molecule has 7 nitrogen and oxygen atoms in total. The van der Waals surface area contributed by atoms with Crippen molar-refractivity contribution in [1.29, 1.82) is 0 Å². The lowest BCUT2D eigenvalue weighted by Crippen LogP contribution is -2.35. The van der Waals surface area contributed by atoms with Gasteiger partial charge in [-0.15, -0.1) is 0 Å². The van der Waals surface area contributed by atoms with Gasteiger partial charge in [0.25, 0.3) is 11.8 Å². The van der Waals surface area contributed by atoms with E-state index in [1.54, 1.807) is 72.8 Å². The summed E-state index contributed by atoms with van der Waals surface area (Å²) in [5, 5.41) is 7.11. The standard InChI is InChI=1S/C23H17Cl2N3O4/c24-17-10-8-16(9-11-17)23(31)32-18-5-3-4-15(12-18)13-27-28-21(29)14-26-22(30)19-6-1-2-7-20(19)25/h1-13H,14H2,(H,26,30)(H,28,29)/b27-13+. The quantitative estimate of drug-likeness (QED) is 0.235. The Balaban J connectivity index is 1.50. The van der Waals surface area contributed by atoms with Crippen molar-refractivity contribution in [3.63, 3.8) is 0 Å². The predicted molar refractivity (Wildman–Crippen MR) is 122 cm³/mol. The Morgan fingerprint density at radius 3 is 2.44 bits per heavy atom. The molecule has 2 amide bonds. The molecule has 0 aliphatic heterocycles. The molecule has 0 radical (unpaired) electrons. The highest BCUT2D eigenvalue weighted by atomic mass is 35.5. The molecule has 2 N–H and O–H groups in total. The lowest BCUT2D eigenvalue weighted by atomic mass is 10.2. The van der Waals surface area contributed by atoms with Gasteiger partial charge in [-0.3, -0.25) is 9.59 Å². The van der Waals surface area contributed by atoms with E-state index >= 15 is 0 Å². The Morgan fingerprint density at radius 2 is 1.69 bits per heavy atom. The molecule has 0 fully saturated rings. The number of ether oxygens (including phenoxy) is 1. The molecule has 0 aliphatic carbocycles. The van der Waals surface area contributed by atoms with Crippen LogP contribution in [0, 0.1) is 0 Å². The zero-order valence-electron chi connectivity index (χ0n) is 16.5. The predicted octanol–water partition coefficient (Wildman–Crippen LogP) is 4.09. The van der Waals surface area contributed by atoms with Gasteiger partial charge < -0.3 is 10.1 Å². The Kier molecular flexibility index (Phi) is 7.96. The number of nitrogens with one attached hydrogen (secondary N) is 2. The van der Waals surface area contributed by atoms with Crippen LogP contribution in [0.1, 0.15) is 26.3 Å². The van der Waals surface area contributed by atoms with Gasteiger partial charge >= 0.3 is 5.97 Å². The molecule has 0 saturated heterocycles. The monoisotopic (exact) mass is 469 g/mol. The molecule has 0 spiro atoms. The largest absolute Gasteiger partial charge is 0.423 e. The van der Waals surface area contributed by atoms with Crippen molar-refractivity contribution in [2.24, 2.45) is 5.10 Å². The van der Waals surface area contributed by atoms with Crippen molar-refractivity contribution in [2.75, 3.05) is 6.54 Å². The van der Waals surface area contributed by atoms with E-state index in [2.05, 4.69) is 15.8 Å². The van der Waals surface area contributed by atoms with Crippen molar-refractivity contribution >= 4 is 47.2 Å². The first kappa shape index (κ1) is 23.0. The lowest BCUT2D eigenvalue weighted by molar-refractivity contribution is -0.120. The normalized spacial score (nSPS) is 10.6. The Morgan fingerprint density at radius 1 is 0.938 bits per heavy atom. The second kappa shape index (κ2) is 11.1. The fraction of sp³-hybridized carbons (Fsp3) is 0.0435. The van der Waals surface area contributed by atoms with Crippen LogP contribution in [0.3, 0.4) is 0 Å². The van der Waals surface area contributed by atoms with Crippen molar-refractivity contribution in [1.82, 2.24) is 10.7 Å². The minimum atomic E-state index is -0.529. The van der Waals surface area contributed by atoms with Gasteiger partial charge in [-0.2, -0.15) is 5.10 Å². The van der Waals surface area contributed by atoms with E-state index in [1.165, 1.54) is 6.21 Å². The number of nitrogens with zero attached hydrogens (tertiary/aromatic N) is 1. The molecular weight excluding hydrogens is 453 g/mol. The summed E-state index contributed by atoms with van der Waals surface area (Å²) in [5.74, 6) is -1.21. The summed E-state index contributed by atoms with van der Waals surface area (Å²) in [4.78, 5) is 36.1. The van der Waals surface area contributed by atoms with Crippen LogP contribution in [-0.4, -0.2) is 30.5 Å². The summed E-state index contributed by atoms with van der Waals surface area (Å²) in [6.45, 7) is -0.278. The fourth-order valence-electron chi connectivity index (χ4n) is 2.53. The summed E-state index contributed by atoms with van der Waals surface area (Å²) in [6.07, 6.45) is 1.38. The first-order chi connectivity index (χ1) is 15.4. The molecule has 0 unspecified atom stereocenters. The molecular formula is C23H17Cl2N3O4. The molecule has 0 heterocycles. The molecule has 3 aromatic rings. The minimum Gasteiger partial charge on any atom is -0.423 e. The number of amides is 2. The summed E-state index contributed by atoms with van der Waals surface area (Å²) >= 11 is 11.8. The van der Waals surface area contributed by atoms with Crippen LogP contribution in [0.15, 0.2) is 77.9 Å². The van der Waals surface area contributed by atoms with Crippen molar-refractivity contribution < 1.29 is 19.1 Å². The zero-order chi connectivity index (χ0) is 22.9. The summed E-state index contributed by atoms with van der Waals surface area (Å²) in [7, 11) is 0. The molecule has 3 rings (SSSR count).